The number of ether oxygens (including phenoxy) is 1. The van der Waals surface area contributed by atoms with Crippen molar-refractivity contribution in [1.82, 2.24) is 0 Å². The maximum atomic E-state index is 11.2. The fraction of sp³-hybridized carbons (Fsp3) is 0.842. The van der Waals surface area contributed by atoms with E-state index in [1.807, 2.05) is 6.92 Å². The van der Waals surface area contributed by atoms with E-state index in [0.29, 0.717) is 13.0 Å². The van der Waals surface area contributed by atoms with Gasteiger partial charge >= 0.3 is 5.97 Å². The van der Waals surface area contributed by atoms with Crippen LogP contribution < -0.4 is 0 Å². The molecule has 120 valence electrons. The molecule has 0 saturated heterocycles. The van der Waals surface area contributed by atoms with Gasteiger partial charge in [-0.05, 0) is 50.4 Å². The van der Waals surface area contributed by atoms with Crippen molar-refractivity contribution in [3.8, 4) is 0 Å². The van der Waals surface area contributed by atoms with E-state index in [0.717, 1.165) is 24.2 Å². The van der Waals surface area contributed by atoms with Crippen LogP contribution in [0, 0.1) is 17.8 Å². The van der Waals surface area contributed by atoms with E-state index in [2.05, 4.69) is 12.2 Å². The van der Waals surface area contributed by atoms with Crippen LogP contribution in [0.1, 0.15) is 77.6 Å². The number of hydrogen-bond donors (Lipinski definition) is 0. The fourth-order valence-electron chi connectivity index (χ4n) is 4.02. The topological polar surface area (TPSA) is 26.3 Å². The Morgan fingerprint density at radius 2 is 1.71 bits per heavy atom. The molecule has 0 aromatic carbocycles. The molecule has 0 aromatic heterocycles. The summed E-state index contributed by atoms with van der Waals surface area (Å²) in [6.45, 7) is 2.38. The van der Waals surface area contributed by atoms with Crippen LogP contribution in [0.2, 0.25) is 0 Å². The predicted molar refractivity (Wildman–Crippen MR) is 87.0 cm³/mol. The van der Waals surface area contributed by atoms with Crippen LogP contribution in [0.5, 0.6) is 0 Å². The molecule has 3 atom stereocenters. The molecule has 2 nitrogen and oxygen atoms in total. The van der Waals surface area contributed by atoms with Crippen LogP contribution in [0.3, 0.4) is 0 Å². The quantitative estimate of drug-likeness (QED) is 0.294. The van der Waals surface area contributed by atoms with Gasteiger partial charge in [-0.2, -0.15) is 0 Å². The number of hydrogen-bond acceptors (Lipinski definition) is 2. The average Bonchev–Trinajstić information content (AvgIpc) is 3.08. The molecule has 2 aliphatic rings. The van der Waals surface area contributed by atoms with E-state index < -0.39 is 0 Å². The maximum absolute atomic E-state index is 11.2. The lowest BCUT2D eigenvalue weighted by molar-refractivity contribution is -0.143. The third-order valence-corrected chi connectivity index (χ3v) is 5.18. The van der Waals surface area contributed by atoms with Gasteiger partial charge < -0.3 is 4.74 Å². The first-order chi connectivity index (χ1) is 10.3. The highest BCUT2D eigenvalue weighted by atomic mass is 16.5. The minimum atomic E-state index is -0.0302. The van der Waals surface area contributed by atoms with Gasteiger partial charge in [0.05, 0.1) is 6.61 Å². The third kappa shape index (κ3) is 5.84. The van der Waals surface area contributed by atoms with Crippen LogP contribution in [0.25, 0.3) is 0 Å². The molecule has 1 fully saturated rings. The zero-order valence-electron chi connectivity index (χ0n) is 13.7. The first-order valence-electron chi connectivity index (χ1n) is 9.13. The van der Waals surface area contributed by atoms with Crippen molar-refractivity contribution >= 4 is 5.97 Å². The molecular weight excluding hydrogens is 260 g/mol. The lowest BCUT2D eigenvalue weighted by Crippen LogP contribution is -2.06. The molecule has 21 heavy (non-hydrogen) atoms. The van der Waals surface area contributed by atoms with Crippen molar-refractivity contribution in [1.29, 1.82) is 0 Å². The summed E-state index contributed by atoms with van der Waals surface area (Å²) in [5.74, 6) is 2.83. The molecule has 2 aliphatic carbocycles. The minimum Gasteiger partial charge on any atom is -0.466 e. The number of unbranched alkanes of at least 4 members (excludes halogenated alkanes) is 6. The normalized spacial score (nSPS) is 26.4. The highest BCUT2D eigenvalue weighted by Gasteiger charge is 2.34. The van der Waals surface area contributed by atoms with Crippen molar-refractivity contribution < 1.29 is 9.53 Å². The smallest absolute Gasteiger partial charge is 0.305 e. The Labute approximate surface area is 130 Å². The standard InChI is InChI=1S/C19H32O2/c1-2-21-19(20)11-9-7-5-3-4-6-8-10-17-14-16-12-13-18(17)15-16/h12-13,16-18H,2-11,14-15H2,1H3. The van der Waals surface area contributed by atoms with Crippen LogP contribution in [-0.4, -0.2) is 12.6 Å². The molecule has 0 spiro atoms. The van der Waals surface area contributed by atoms with E-state index in [-0.39, 0.29) is 5.97 Å². The molecule has 0 heterocycles. The number of carbonyl (C=O) groups excluding carboxylic acids is 1. The number of carbonyl (C=O) groups is 1. The van der Waals surface area contributed by atoms with Crippen LogP contribution in [0.4, 0.5) is 0 Å². The molecule has 2 rings (SSSR count). The van der Waals surface area contributed by atoms with Crippen molar-refractivity contribution in [2.45, 2.75) is 77.6 Å². The van der Waals surface area contributed by atoms with Gasteiger partial charge in [-0.15, -0.1) is 0 Å². The lowest BCUT2D eigenvalue weighted by Gasteiger charge is -2.17. The highest BCUT2D eigenvalue weighted by Crippen LogP contribution is 2.45. The van der Waals surface area contributed by atoms with Gasteiger partial charge in [-0.25, -0.2) is 0 Å². The molecule has 0 radical (unpaired) electrons. The molecule has 0 amide bonds. The number of allylic oxidation sites excluding steroid dienone is 2. The zero-order chi connectivity index (χ0) is 14.9. The molecule has 1 saturated carbocycles. The Balaban J connectivity index is 1.34. The fourth-order valence-corrected chi connectivity index (χ4v) is 4.02. The van der Waals surface area contributed by atoms with E-state index in [1.165, 1.54) is 57.8 Å². The Morgan fingerprint density at radius 1 is 1.00 bits per heavy atom. The summed E-state index contributed by atoms with van der Waals surface area (Å²) < 4.78 is 4.93. The summed E-state index contributed by atoms with van der Waals surface area (Å²) in [7, 11) is 0. The van der Waals surface area contributed by atoms with Gasteiger partial charge in [0, 0.05) is 6.42 Å². The molecule has 0 aliphatic heterocycles. The largest absolute Gasteiger partial charge is 0.466 e. The first-order valence-corrected chi connectivity index (χ1v) is 9.13. The lowest BCUT2D eigenvalue weighted by atomic mass is 9.88. The van der Waals surface area contributed by atoms with E-state index in [9.17, 15) is 4.79 Å². The summed E-state index contributed by atoms with van der Waals surface area (Å²) in [5, 5.41) is 0. The van der Waals surface area contributed by atoms with E-state index in [1.54, 1.807) is 0 Å². The molecular formula is C19H32O2. The maximum Gasteiger partial charge on any atom is 0.305 e. The summed E-state index contributed by atoms with van der Waals surface area (Å²) in [6.07, 6.45) is 18.9. The van der Waals surface area contributed by atoms with Gasteiger partial charge in [-0.3, -0.25) is 4.79 Å². The van der Waals surface area contributed by atoms with Gasteiger partial charge in [0.15, 0.2) is 0 Å². The summed E-state index contributed by atoms with van der Waals surface area (Å²) in [4.78, 5) is 11.2. The third-order valence-electron chi connectivity index (χ3n) is 5.18. The summed E-state index contributed by atoms with van der Waals surface area (Å²) in [5.41, 5.74) is 0. The predicted octanol–water partition coefficient (Wildman–Crippen LogP) is 5.27. The number of fused-ring (bicyclic) bond motifs is 2. The molecule has 0 aromatic rings. The van der Waals surface area contributed by atoms with Gasteiger partial charge in [-0.1, -0.05) is 50.7 Å². The number of esters is 1. The second kappa shape index (κ2) is 9.27. The summed E-state index contributed by atoms with van der Waals surface area (Å²) >= 11 is 0. The molecule has 3 unspecified atom stereocenters. The minimum absolute atomic E-state index is 0.0302. The Hall–Kier alpha value is -0.790. The highest BCUT2D eigenvalue weighted by molar-refractivity contribution is 5.69. The Morgan fingerprint density at radius 3 is 2.33 bits per heavy atom. The zero-order valence-corrected chi connectivity index (χ0v) is 13.7. The van der Waals surface area contributed by atoms with Crippen molar-refractivity contribution in [3.63, 3.8) is 0 Å². The van der Waals surface area contributed by atoms with E-state index in [4.69, 9.17) is 4.74 Å². The molecule has 2 heteroatoms. The summed E-state index contributed by atoms with van der Waals surface area (Å²) in [6, 6.07) is 0. The SMILES string of the molecule is CCOC(=O)CCCCCCCCCC1CC2C=CC1C2. The average molecular weight is 292 g/mol. The van der Waals surface area contributed by atoms with Crippen LogP contribution in [-0.2, 0) is 9.53 Å². The van der Waals surface area contributed by atoms with Crippen LogP contribution in [0.15, 0.2) is 12.2 Å². The van der Waals surface area contributed by atoms with Crippen molar-refractivity contribution in [2.75, 3.05) is 6.61 Å². The molecule has 2 bridgehead atoms. The van der Waals surface area contributed by atoms with Gasteiger partial charge in [0.25, 0.3) is 0 Å². The Kier molecular flexibility index (Phi) is 7.32. The number of rotatable bonds is 11. The second-order valence-corrected chi connectivity index (χ2v) is 6.86. The van der Waals surface area contributed by atoms with Gasteiger partial charge in [0.1, 0.15) is 0 Å². The van der Waals surface area contributed by atoms with E-state index >= 15 is 0 Å². The van der Waals surface area contributed by atoms with Gasteiger partial charge in [0.2, 0.25) is 0 Å². The van der Waals surface area contributed by atoms with Crippen molar-refractivity contribution in [3.05, 3.63) is 12.2 Å². The van der Waals surface area contributed by atoms with Crippen LogP contribution >= 0.6 is 0 Å². The Bertz CT molecular complexity index is 334. The van der Waals surface area contributed by atoms with Crippen molar-refractivity contribution in [2.24, 2.45) is 17.8 Å². The second-order valence-electron chi connectivity index (χ2n) is 6.86. The molecule has 0 N–H and O–H groups in total. The first kappa shape index (κ1) is 16.6. The monoisotopic (exact) mass is 292 g/mol.